The summed E-state index contributed by atoms with van der Waals surface area (Å²) in [4.78, 5) is 55.7. The molecule has 2 amide bonds. The zero-order chi connectivity index (χ0) is 24.9. The van der Waals surface area contributed by atoms with Crippen LogP contribution in [0.3, 0.4) is 0 Å². The average molecular weight is 491 g/mol. The minimum atomic E-state index is -0.616. The van der Waals surface area contributed by atoms with Crippen LogP contribution in [0.25, 0.3) is 4.96 Å². The summed E-state index contributed by atoms with van der Waals surface area (Å²) in [5, 5.41) is 5.44. The van der Waals surface area contributed by atoms with Gasteiger partial charge in [0.05, 0.1) is 12.2 Å². The highest BCUT2D eigenvalue weighted by molar-refractivity contribution is 7.19. The van der Waals surface area contributed by atoms with Crippen molar-refractivity contribution in [3.05, 3.63) is 92.8 Å². The van der Waals surface area contributed by atoms with Gasteiger partial charge in [-0.2, -0.15) is 0 Å². The summed E-state index contributed by atoms with van der Waals surface area (Å²) in [7, 11) is 0. The number of ether oxygens (including phenoxy) is 1. The van der Waals surface area contributed by atoms with Crippen molar-refractivity contribution in [3.8, 4) is 0 Å². The SMILES string of the molecule is CCCOC(=O)c1ccc(NC(=O)c2sc3nc(C)cc(=O)n3c2C(=O)Nc2ccccc2)cc1. The van der Waals surface area contributed by atoms with Crippen molar-refractivity contribution in [2.45, 2.75) is 20.3 Å². The normalized spacial score (nSPS) is 10.7. The first-order valence-corrected chi connectivity index (χ1v) is 11.7. The van der Waals surface area contributed by atoms with E-state index in [4.69, 9.17) is 4.74 Å². The maximum atomic E-state index is 13.2. The van der Waals surface area contributed by atoms with Crippen LogP contribution < -0.4 is 16.2 Å². The molecule has 0 saturated heterocycles. The van der Waals surface area contributed by atoms with Crippen LogP contribution in [0, 0.1) is 6.92 Å². The Labute approximate surface area is 204 Å². The van der Waals surface area contributed by atoms with Crippen molar-refractivity contribution < 1.29 is 19.1 Å². The van der Waals surface area contributed by atoms with E-state index in [1.54, 1.807) is 49.4 Å². The van der Waals surface area contributed by atoms with Gasteiger partial charge in [0.1, 0.15) is 10.6 Å². The van der Waals surface area contributed by atoms with Crippen molar-refractivity contribution in [3.63, 3.8) is 0 Å². The number of carbonyl (C=O) groups excluding carboxylic acids is 3. The molecule has 0 saturated carbocycles. The summed E-state index contributed by atoms with van der Waals surface area (Å²) in [5.41, 5.74) is 1.18. The molecule has 0 fully saturated rings. The largest absolute Gasteiger partial charge is 0.462 e. The van der Waals surface area contributed by atoms with Crippen molar-refractivity contribution in [1.29, 1.82) is 0 Å². The number of amides is 2. The summed E-state index contributed by atoms with van der Waals surface area (Å²) in [6.07, 6.45) is 0.715. The van der Waals surface area contributed by atoms with E-state index in [0.717, 1.165) is 15.7 Å². The van der Waals surface area contributed by atoms with Gasteiger partial charge in [-0.3, -0.25) is 14.4 Å². The van der Waals surface area contributed by atoms with E-state index in [-0.39, 0.29) is 15.5 Å². The van der Waals surface area contributed by atoms with Crippen LogP contribution in [-0.4, -0.2) is 33.8 Å². The van der Waals surface area contributed by atoms with Crippen molar-refractivity contribution in [2.24, 2.45) is 0 Å². The van der Waals surface area contributed by atoms with Crippen LogP contribution in [0.5, 0.6) is 0 Å². The van der Waals surface area contributed by atoms with Gasteiger partial charge in [-0.1, -0.05) is 36.5 Å². The van der Waals surface area contributed by atoms with Gasteiger partial charge in [0.15, 0.2) is 4.96 Å². The minimum absolute atomic E-state index is 0.0278. The van der Waals surface area contributed by atoms with Gasteiger partial charge in [-0.25, -0.2) is 14.2 Å². The lowest BCUT2D eigenvalue weighted by Crippen LogP contribution is -2.25. The van der Waals surface area contributed by atoms with E-state index >= 15 is 0 Å². The summed E-state index contributed by atoms with van der Waals surface area (Å²) < 4.78 is 6.24. The Balaban J connectivity index is 1.66. The van der Waals surface area contributed by atoms with Crippen LogP contribution in [-0.2, 0) is 4.74 Å². The topological polar surface area (TPSA) is 119 Å². The van der Waals surface area contributed by atoms with E-state index in [1.807, 2.05) is 6.92 Å². The van der Waals surface area contributed by atoms with E-state index in [9.17, 15) is 19.2 Å². The van der Waals surface area contributed by atoms with Crippen molar-refractivity contribution >= 4 is 45.5 Å². The van der Waals surface area contributed by atoms with Crippen molar-refractivity contribution in [2.75, 3.05) is 17.2 Å². The lowest BCUT2D eigenvalue weighted by Gasteiger charge is -2.09. The first-order valence-electron chi connectivity index (χ1n) is 10.9. The zero-order valence-corrected chi connectivity index (χ0v) is 19.8. The molecule has 0 atom stereocenters. The second-order valence-corrected chi connectivity index (χ2v) is 8.60. The summed E-state index contributed by atoms with van der Waals surface area (Å²) >= 11 is 0.940. The third-order valence-electron chi connectivity index (χ3n) is 4.92. The van der Waals surface area contributed by atoms with Crippen molar-refractivity contribution in [1.82, 2.24) is 9.38 Å². The molecule has 0 aliphatic carbocycles. The Kier molecular flexibility index (Phi) is 7.02. The first-order chi connectivity index (χ1) is 16.9. The van der Waals surface area contributed by atoms with Gasteiger partial charge >= 0.3 is 5.97 Å². The Morgan fingerprint density at radius 2 is 1.63 bits per heavy atom. The Hall–Kier alpha value is -4.31. The molecule has 0 aliphatic rings. The molecule has 0 spiro atoms. The standard InChI is InChI=1S/C25H22N4O5S/c1-3-13-34-24(33)16-9-11-18(12-10-16)28-23(32)21-20(22(31)27-17-7-5-4-6-8-17)29-19(30)14-15(2)26-25(29)35-21/h4-12,14H,3,13H2,1-2H3,(H,27,31)(H,28,32). The molecular weight excluding hydrogens is 468 g/mol. The zero-order valence-electron chi connectivity index (χ0n) is 19.0. The summed E-state index contributed by atoms with van der Waals surface area (Å²) in [5.74, 6) is -1.65. The number of anilines is 2. The van der Waals surface area contributed by atoms with Crippen LogP contribution in [0.4, 0.5) is 11.4 Å². The van der Waals surface area contributed by atoms with Crippen LogP contribution in [0.2, 0.25) is 0 Å². The molecule has 0 aliphatic heterocycles. The molecule has 4 rings (SSSR count). The third-order valence-corrected chi connectivity index (χ3v) is 5.96. The third kappa shape index (κ3) is 5.28. The molecule has 0 unspecified atom stereocenters. The fourth-order valence-corrected chi connectivity index (χ4v) is 4.38. The summed E-state index contributed by atoms with van der Waals surface area (Å²) in [6, 6.07) is 16.2. The molecule has 2 N–H and O–H groups in total. The molecule has 35 heavy (non-hydrogen) atoms. The van der Waals surface area contributed by atoms with E-state index in [0.29, 0.717) is 35.7 Å². The van der Waals surface area contributed by atoms with E-state index in [2.05, 4.69) is 15.6 Å². The lowest BCUT2D eigenvalue weighted by atomic mass is 10.2. The average Bonchev–Trinajstić information content (AvgIpc) is 3.23. The Morgan fingerprint density at radius 1 is 0.971 bits per heavy atom. The molecule has 2 heterocycles. The number of aryl methyl sites for hydroxylation is 1. The molecule has 0 bridgehead atoms. The second kappa shape index (κ2) is 10.3. The van der Waals surface area contributed by atoms with Gasteiger partial charge in [0.25, 0.3) is 17.4 Å². The molecule has 2 aromatic carbocycles. The smallest absolute Gasteiger partial charge is 0.338 e. The van der Waals surface area contributed by atoms with Crippen LogP contribution in [0.15, 0.2) is 65.5 Å². The molecule has 0 radical (unpaired) electrons. The first kappa shape index (κ1) is 23.8. The molecule has 9 nitrogen and oxygen atoms in total. The molecule has 10 heteroatoms. The summed E-state index contributed by atoms with van der Waals surface area (Å²) in [6.45, 7) is 3.89. The highest BCUT2D eigenvalue weighted by Gasteiger charge is 2.26. The maximum Gasteiger partial charge on any atom is 0.338 e. The number of nitrogens with zero attached hydrogens (tertiary/aromatic N) is 2. The number of rotatable bonds is 7. The predicted octanol–water partition coefficient (Wildman–Crippen LogP) is 4.14. The number of fused-ring (bicyclic) bond motifs is 1. The highest BCUT2D eigenvalue weighted by atomic mass is 32.1. The Bertz CT molecular complexity index is 1460. The van der Waals surface area contributed by atoms with E-state index < -0.39 is 23.3 Å². The monoisotopic (exact) mass is 490 g/mol. The number of aromatic nitrogens is 2. The highest BCUT2D eigenvalue weighted by Crippen LogP contribution is 2.24. The van der Waals surface area contributed by atoms with Gasteiger partial charge in [-0.15, -0.1) is 0 Å². The quantitative estimate of drug-likeness (QED) is 0.376. The van der Waals surface area contributed by atoms with E-state index in [1.165, 1.54) is 18.2 Å². The molecule has 4 aromatic rings. The minimum Gasteiger partial charge on any atom is -0.462 e. The number of nitrogens with one attached hydrogen (secondary N) is 2. The lowest BCUT2D eigenvalue weighted by molar-refractivity contribution is 0.0505. The number of thiazole rings is 1. The number of carbonyl (C=O) groups is 3. The fourth-order valence-electron chi connectivity index (χ4n) is 3.31. The van der Waals surface area contributed by atoms with Gasteiger partial charge in [0.2, 0.25) is 0 Å². The number of hydrogen-bond donors (Lipinski definition) is 2. The van der Waals surface area contributed by atoms with Gasteiger partial charge in [0, 0.05) is 23.1 Å². The number of hydrogen-bond acceptors (Lipinski definition) is 7. The second-order valence-electron chi connectivity index (χ2n) is 7.62. The van der Waals surface area contributed by atoms with Gasteiger partial charge in [-0.05, 0) is 49.7 Å². The van der Waals surface area contributed by atoms with Crippen LogP contribution >= 0.6 is 11.3 Å². The van der Waals surface area contributed by atoms with Gasteiger partial charge < -0.3 is 15.4 Å². The number of para-hydroxylation sites is 1. The number of esters is 1. The molecular formula is C25H22N4O5S. The molecule has 2 aromatic heterocycles. The molecule has 178 valence electrons. The predicted molar refractivity (Wildman–Crippen MR) is 133 cm³/mol. The van der Waals surface area contributed by atoms with Crippen LogP contribution in [0.1, 0.15) is 49.6 Å². The Morgan fingerprint density at radius 3 is 2.31 bits per heavy atom. The fraction of sp³-hybridized carbons (Fsp3) is 0.160. The number of benzene rings is 2. The maximum absolute atomic E-state index is 13.2.